The van der Waals surface area contributed by atoms with Gasteiger partial charge in [0.15, 0.2) is 0 Å². The van der Waals surface area contributed by atoms with Crippen LogP contribution in [0.25, 0.3) is 26.8 Å². The van der Waals surface area contributed by atoms with Crippen LogP contribution in [0.4, 0.5) is 0 Å². The van der Waals surface area contributed by atoms with Gasteiger partial charge in [0, 0.05) is 26.6 Å². The summed E-state index contributed by atoms with van der Waals surface area (Å²) in [5.74, 6) is 1.47. The molecule has 0 aliphatic rings. The molecule has 3 nitrogen and oxygen atoms in total. The Kier molecular flexibility index (Phi) is 7.78. The molecule has 3 rings (SSSR count). The Labute approximate surface area is 196 Å². The summed E-state index contributed by atoms with van der Waals surface area (Å²) < 4.78 is 12.5. The van der Waals surface area contributed by atoms with E-state index in [1.165, 1.54) is 26.8 Å². The molecule has 4 heteroatoms. The molecule has 32 heavy (non-hydrogen) atoms. The van der Waals surface area contributed by atoms with E-state index >= 15 is 0 Å². The van der Waals surface area contributed by atoms with Gasteiger partial charge < -0.3 is 9.47 Å². The summed E-state index contributed by atoms with van der Waals surface area (Å²) in [6, 6.07) is 13.2. The first kappa shape index (κ1) is 24.1. The highest BCUT2D eigenvalue weighted by Crippen LogP contribution is 2.44. The summed E-state index contributed by atoms with van der Waals surface area (Å²) >= 11 is 1.70. The van der Waals surface area contributed by atoms with Gasteiger partial charge in [0.25, 0.3) is 0 Å². The summed E-state index contributed by atoms with van der Waals surface area (Å²) in [6.07, 6.45) is 1.58. The van der Waals surface area contributed by atoms with Crippen LogP contribution in [0.2, 0.25) is 0 Å². The van der Waals surface area contributed by atoms with Crippen molar-refractivity contribution in [2.75, 3.05) is 13.2 Å². The SMILES string of the molecule is CCOC(=O)C=C(C)c1cc2c(-c3cc(C(C)C)cc(C(C)C)c3OCC)cccc2s1. The van der Waals surface area contributed by atoms with Crippen molar-refractivity contribution in [3.63, 3.8) is 0 Å². The smallest absolute Gasteiger partial charge is 0.331 e. The Morgan fingerprint density at radius 2 is 1.75 bits per heavy atom. The fourth-order valence-electron chi connectivity index (χ4n) is 3.86. The molecule has 1 heterocycles. The molecular formula is C28H34O3S. The van der Waals surface area contributed by atoms with Gasteiger partial charge in [-0.25, -0.2) is 4.79 Å². The molecule has 0 unspecified atom stereocenters. The van der Waals surface area contributed by atoms with Gasteiger partial charge in [-0.2, -0.15) is 0 Å². The number of benzene rings is 2. The van der Waals surface area contributed by atoms with Gasteiger partial charge in [-0.1, -0.05) is 45.9 Å². The van der Waals surface area contributed by atoms with E-state index in [0.717, 1.165) is 21.8 Å². The summed E-state index contributed by atoms with van der Waals surface area (Å²) in [6.45, 7) is 15.7. The maximum Gasteiger partial charge on any atom is 0.331 e. The molecule has 0 spiro atoms. The molecule has 0 N–H and O–H groups in total. The number of hydrogen-bond acceptors (Lipinski definition) is 4. The first-order chi connectivity index (χ1) is 15.3. The fourth-order valence-corrected chi connectivity index (χ4v) is 4.92. The highest BCUT2D eigenvalue weighted by Gasteiger charge is 2.20. The Hall–Kier alpha value is -2.59. The van der Waals surface area contributed by atoms with Crippen molar-refractivity contribution in [3.8, 4) is 16.9 Å². The van der Waals surface area contributed by atoms with Gasteiger partial charge in [-0.15, -0.1) is 11.3 Å². The number of hydrogen-bond donors (Lipinski definition) is 0. The van der Waals surface area contributed by atoms with Gasteiger partial charge in [0.2, 0.25) is 0 Å². The molecule has 0 bridgehead atoms. The fraction of sp³-hybridized carbons (Fsp3) is 0.393. The number of fused-ring (bicyclic) bond motifs is 1. The first-order valence-corrected chi connectivity index (χ1v) is 12.3. The summed E-state index contributed by atoms with van der Waals surface area (Å²) in [4.78, 5) is 13.0. The van der Waals surface area contributed by atoms with Crippen LogP contribution in [0.15, 0.2) is 42.5 Å². The highest BCUT2D eigenvalue weighted by molar-refractivity contribution is 7.20. The second-order valence-electron chi connectivity index (χ2n) is 8.64. The van der Waals surface area contributed by atoms with Crippen LogP contribution in [0.3, 0.4) is 0 Å². The van der Waals surface area contributed by atoms with E-state index in [4.69, 9.17) is 9.47 Å². The Morgan fingerprint density at radius 3 is 2.38 bits per heavy atom. The third-order valence-electron chi connectivity index (χ3n) is 5.58. The van der Waals surface area contributed by atoms with Crippen LogP contribution in [0.5, 0.6) is 5.75 Å². The lowest BCUT2D eigenvalue weighted by atomic mass is 9.88. The minimum Gasteiger partial charge on any atom is -0.493 e. The van der Waals surface area contributed by atoms with Crippen molar-refractivity contribution >= 4 is 33.0 Å². The largest absolute Gasteiger partial charge is 0.493 e. The number of allylic oxidation sites excluding steroid dienone is 1. The number of rotatable bonds is 8. The van der Waals surface area contributed by atoms with E-state index in [-0.39, 0.29) is 5.97 Å². The number of ether oxygens (including phenoxy) is 2. The molecule has 0 fully saturated rings. The second-order valence-corrected chi connectivity index (χ2v) is 9.72. The quantitative estimate of drug-likeness (QED) is 0.256. The van der Waals surface area contributed by atoms with Crippen LogP contribution < -0.4 is 4.74 Å². The minimum absolute atomic E-state index is 0.299. The molecule has 0 aliphatic carbocycles. The molecule has 0 amide bonds. The first-order valence-electron chi connectivity index (χ1n) is 11.5. The number of esters is 1. The van der Waals surface area contributed by atoms with E-state index in [0.29, 0.717) is 25.0 Å². The molecule has 3 aromatic rings. The number of carbonyl (C=O) groups excluding carboxylic acids is 1. The third kappa shape index (κ3) is 5.07. The van der Waals surface area contributed by atoms with E-state index in [1.54, 1.807) is 17.4 Å². The van der Waals surface area contributed by atoms with Gasteiger partial charge in [-0.3, -0.25) is 0 Å². The van der Waals surface area contributed by atoms with Crippen molar-refractivity contribution in [2.24, 2.45) is 0 Å². The van der Waals surface area contributed by atoms with E-state index in [2.05, 4.69) is 64.1 Å². The lowest BCUT2D eigenvalue weighted by Gasteiger charge is -2.21. The average molecular weight is 451 g/mol. The van der Waals surface area contributed by atoms with Crippen LogP contribution in [0.1, 0.15) is 76.3 Å². The van der Waals surface area contributed by atoms with Crippen molar-refractivity contribution < 1.29 is 14.3 Å². The highest BCUT2D eigenvalue weighted by atomic mass is 32.1. The van der Waals surface area contributed by atoms with Gasteiger partial charge in [0.05, 0.1) is 13.2 Å². The monoisotopic (exact) mass is 450 g/mol. The molecule has 0 saturated heterocycles. The van der Waals surface area contributed by atoms with Gasteiger partial charge in [-0.05, 0) is 73.1 Å². The van der Waals surface area contributed by atoms with Crippen molar-refractivity contribution in [2.45, 2.75) is 60.3 Å². The van der Waals surface area contributed by atoms with Crippen LogP contribution in [0, 0.1) is 0 Å². The topological polar surface area (TPSA) is 35.5 Å². The Morgan fingerprint density at radius 1 is 1.00 bits per heavy atom. The molecule has 0 radical (unpaired) electrons. The zero-order valence-electron chi connectivity index (χ0n) is 20.2. The predicted octanol–water partition coefficient (Wildman–Crippen LogP) is 8.18. The van der Waals surface area contributed by atoms with Gasteiger partial charge >= 0.3 is 5.97 Å². The maximum absolute atomic E-state index is 11.9. The molecule has 2 aromatic carbocycles. The standard InChI is InChI=1S/C28H34O3S/c1-8-30-27(29)13-19(7)26-16-23-21(11-10-12-25(23)32-26)24-15-20(17(3)4)14-22(18(5)6)28(24)31-9-2/h10-18H,8-9H2,1-7H3. The maximum atomic E-state index is 11.9. The van der Waals surface area contributed by atoms with Crippen molar-refractivity contribution in [1.29, 1.82) is 0 Å². The van der Waals surface area contributed by atoms with Crippen LogP contribution in [-0.4, -0.2) is 19.2 Å². The summed E-state index contributed by atoms with van der Waals surface area (Å²) in [7, 11) is 0. The summed E-state index contributed by atoms with van der Waals surface area (Å²) in [5.41, 5.74) is 5.79. The lowest BCUT2D eigenvalue weighted by molar-refractivity contribution is -0.137. The molecule has 1 aromatic heterocycles. The zero-order valence-corrected chi connectivity index (χ0v) is 21.1. The Bertz CT molecular complexity index is 1140. The summed E-state index contributed by atoms with van der Waals surface area (Å²) in [5, 5.41) is 1.18. The van der Waals surface area contributed by atoms with Gasteiger partial charge in [0.1, 0.15) is 5.75 Å². The molecule has 170 valence electrons. The van der Waals surface area contributed by atoms with E-state index in [9.17, 15) is 4.79 Å². The van der Waals surface area contributed by atoms with E-state index < -0.39 is 0 Å². The number of carbonyl (C=O) groups is 1. The van der Waals surface area contributed by atoms with Crippen LogP contribution in [-0.2, 0) is 9.53 Å². The minimum atomic E-state index is -0.299. The molecule has 0 saturated carbocycles. The third-order valence-corrected chi connectivity index (χ3v) is 6.81. The normalized spacial score (nSPS) is 12.1. The predicted molar refractivity (Wildman–Crippen MR) is 137 cm³/mol. The molecular weight excluding hydrogens is 416 g/mol. The second kappa shape index (κ2) is 10.4. The van der Waals surface area contributed by atoms with Crippen LogP contribution >= 0.6 is 11.3 Å². The van der Waals surface area contributed by atoms with Crippen molar-refractivity contribution in [3.05, 3.63) is 58.5 Å². The molecule has 0 atom stereocenters. The zero-order chi connectivity index (χ0) is 23.4. The number of thiophene rings is 1. The van der Waals surface area contributed by atoms with Crippen molar-refractivity contribution in [1.82, 2.24) is 0 Å². The lowest BCUT2D eigenvalue weighted by Crippen LogP contribution is -2.03. The van der Waals surface area contributed by atoms with E-state index in [1.807, 2.05) is 20.8 Å². The molecule has 0 aliphatic heterocycles. The average Bonchev–Trinajstić information content (AvgIpc) is 3.18. The Balaban J connectivity index is 2.23.